The van der Waals surface area contributed by atoms with Crippen molar-refractivity contribution in [2.45, 2.75) is 0 Å². The molecule has 2 heterocycles. The van der Waals surface area contributed by atoms with Crippen LogP contribution in [-0.4, -0.2) is 14.5 Å². The number of aromatic nitrogens is 3. The van der Waals surface area contributed by atoms with Gasteiger partial charge in [-0.2, -0.15) is 0 Å². The molecular weight excluding hydrogens is 546 g/mol. The summed E-state index contributed by atoms with van der Waals surface area (Å²) < 4.78 is 2.28. The molecule has 0 bridgehead atoms. The van der Waals surface area contributed by atoms with Gasteiger partial charge in [-0.3, -0.25) is 4.57 Å². The number of benzene rings is 6. The average molecular weight is 572 g/mol. The third-order valence-electron chi connectivity index (χ3n) is 9.30. The Labute approximate surface area is 259 Å². The van der Waals surface area contributed by atoms with E-state index < -0.39 is 0 Å². The fraction of sp³-hybridized carbons (Fsp3) is 0. The normalized spacial score (nSPS) is 12.0. The molecule has 0 atom stereocenters. The van der Waals surface area contributed by atoms with Gasteiger partial charge in [0.1, 0.15) is 5.69 Å². The highest BCUT2D eigenvalue weighted by molar-refractivity contribution is 6.37. The predicted octanol–water partition coefficient (Wildman–Crippen LogP) is 11.0. The summed E-state index contributed by atoms with van der Waals surface area (Å²) in [5.74, 6) is 0.814. The maximum Gasteiger partial charge on any atom is 0.164 e. The minimum atomic E-state index is 0.814. The molecule has 3 heteroatoms. The SMILES string of the molecule is c1ccc(-c2cccc(-c3nc4ccccc4nc3-n3cccc4c5cccc6cc7ccc8cccc(c8c7c65)c43)c2)cc1. The quantitative estimate of drug-likeness (QED) is 0.211. The number of fused-ring (bicyclic) bond motifs is 4. The Hall–Kier alpha value is -6.06. The van der Waals surface area contributed by atoms with Crippen LogP contribution in [0.1, 0.15) is 0 Å². The first-order chi connectivity index (χ1) is 22.3. The zero-order valence-electron chi connectivity index (χ0n) is 24.3. The number of pyridine rings is 1. The molecule has 45 heavy (non-hydrogen) atoms. The second-order valence-corrected chi connectivity index (χ2v) is 11.8. The van der Waals surface area contributed by atoms with Crippen molar-refractivity contribution in [1.82, 2.24) is 14.5 Å². The van der Waals surface area contributed by atoms with Gasteiger partial charge in [0.15, 0.2) is 5.82 Å². The second-order valence-electron chi connectivity index (χ2n) is 11.8. The topological polar surface area (TPSA) is 30.7 Å². The molecule has 0 saturated heterocycles. The van der Waals surface area contributed by atoms with Gasteiger partial charge in [-0.25, -0.2) is 9.97 Å². The Morgan fingerprint density at radius 3 is 1.93 bits per heavy atom. The maximum absolute atomic E-state index is 5.36. The van der Waals surface area contributed by atoms with Gasteiger partial charge < -0.3 is 0 Å². The summed E-state index contributed by atoms with van der Waals surface area (Å²) in [4.78, 5) is 10.7. The van der Waals surface area contributed by atoms with Crippen molar-refractivity contribution < 1.29 is 0 Å². The van der Waals surface area contributed by atoms with Gasteiger partial charge in [0.05, 0.1) is 16.6 Å². The lowest BCUT2D eigenvalue weighted by Crippen LogP contribution is -2.05. The van der Waals surface area contributed by atoms with E-state index in [-0.39, 0.29) is 0 Å². The van der Waals surface area contributed by atoms with Crippen molar-refractivity contribution in [3.63, 3.8) is 0 Å². The Morgan fingerprint density at radius 2 is 1.04 bits per heavy atom. The number of hydrogen-bond acceptors (Lipinski definition) is 2. The molecule has 0 fully saturated rings. The number of para-hydroxylation sites is 2. The zero-order chi connectivity index (χ0) is 29.5. The third-order valence-corrected chi connectivity index (χ3v) is 9.30. The molecule has 10 rings (SSSR count). The van der Waals surface area contributed by atoms with E-state index in [2.05, 4.69) is 138 Å². The van der Waals surface area contributed by atoms with Crippen molar-refractivity contribution in [3.05, 3.63) is 152 Å². The highest BCUT2D eigenvalue weighted by Crippen LogP contribution is 2.44. The number of hydrogen-bond donors (Lipinski definition) is 0. The van der Waals surface area contributed by atoms with E-state index in [1.165, 1.54) is 54.0 Å². The van der Waals surface area contributed by atoms with Crippen LogP contribution in [0.2, 0.25) is 0 Å². The van der Waals surface area contributed by atoms with Crippen LogP contribution in [0.25, 0.3) is 93.2 Å². The molecular formula is C42H25N3. The third kappa shape index (κ3) is 3.52. The highest BCUT2D eigenvalue weighted by atomic mass is 15.1. The fourth-order valence-corrected chi connectivity index (χ4v) is 7.35. The van der Waals surface area contributed by atoms with Crippen LogP contribution in [0.3, 0.4) is 0 Å². The monoisotopic (exact) mass is 571 g/mol. The maximum atomic E-state index is 5.36. The number of rotatable bonds is 3. The summed E-state index contributed by atoms with van der Waals surface area (Å²) >= 11 is 0. The van der Waals surface area contributed by atoms with Gasteiger partial charge in [0.2, 0.25) is 0 Å². The Balaban J connectivity index is 1.38. The molecule has 0 amide bonds. The van der Waals surface area contributed by atoms with E-state index in [4.69, 9.17) is 9.97 Å². The van der Waals surface area contributed by atoms with E-state index in [9.17, 15) is 0 Å². The molecule has 0 spiro atoms. The van der Waals surface area contributed by atoms with Crippen LogP contribution in [0.5, 0.6) is 0 Å². The molecule has 0 unspecified atom stereocenters. The number of nitrogens with zero attached hydrogens (tertiary/aromatic N) is 3. The fourth-order valence-electron chi connectivity index (χ4n) is 7.35. The van der Waals surface area contributed by atoms with Crippen LogP contribution in [0, 0.1) is 0 Å². The van der Waals surface area contributed by atoms with E-state index in [1.807, 2.05) is 18.2 Å². The highest BCUT2D eigenvalue weighted by Gasteiger charge is 2.20. The molecule has 0 aliphatic rings. The molecule has 3 nitrogen and oxygen atoms in total. The Kier molecular flexibility index (Phi) is 5.00. The van der Waals surface area contributed by atoms with Gasteiger partial charge in [0, 0.05) is 22.5 Å². The summed E-state index contributed by atoms with van der Waals surface area (Å²) in [6.45, 7) is 0. The molecule has 0 saturated carbocycles. The summed E-state index contributed by atoms with van der Waals surface area (Å²) in [6, 6.07) is 52.0. The van der Waals surface area contributed by atoms with E-state index >= 15 is 0 Å². The molecule has 0 aliphatic heterocycles. The summed E-state index contributed by atoms with van der Waals surface area (Å²) in [7, 11) is 0. The van der Waals surface area contributed by atoms with E-state index in [1.54, 1.807) is 0 Å². The minimum Gasteiger partial charge on any atom is -0.299 e. The van der Waals surface area contributed by atoms with Gasteiger partial charge >= 0.3 is 0 Å². The molecule has 2 aromatic heterocycles. The minimum absolute atomic E-state index is 0.814. The Bertz CT molecular complexity index is 2760. The molecule has 10 aromatic rings. The predicted molar refractivity (Wildman–Crippen MR) is 188 cm³/mol. The molecule has 208 valence electrons. The molecule has 8 aromatic carbocycles. The van der Waals surface area contributed by atoms with Gasteiger partial charge in [-0.1, -0.05) is 115 Å². The van der Waals surface area contributed by atoms with Crippen molar-refractivity contribution >= 4 is 65.0 Å². The summed E-state index contributed by atoms with van der Waals surface area (Å²) in [5, 5.41) is 11.4. The molecule has 0 N–H and O–H groups in total. The molecule has 0 aliphatic carbocycles. The smallest absolute Gasteiger partial charge is 0.164 e. The first-order valence-electron chi connectivity index (χ1n) is 15.3. The average Bonchev–Trinajstić information content (AvgIpc) is 3.44. The lowest BCUT2D eigenvalue weighted by atomic mass is 10.0. The lowest BCUT2D eigenvalue weighted by molar-refractivity contribution is 1.03. The first kappa shape index (κ1) is 24.4. The van der Waals surface area contributed by atoms with Crippen LogP contribution >= 0.6 is 0 Å². The van der Waals surface area contributed by atoms with E-state index in [0.29, 0.717) is 0 Å². The zero-order valence-corrected chi connectivity index (χ0v) is 24.3. The van der Waals surface area contributed by atoms with Crippen LogP contribution in [0.15, 0.2) is 152 Å². The van der Waals surface area contributed by atoms with Crippen LogP contribution in [-0.2, 0) is 0 Å². The lowest BCUT2D eigenvalue weighted by Gasteiger charge is -2.17. The largest absolute Gasteiger partial charge is 0.299 e. The van der Waals surface area contributed by atoms with Crippen molar-refractivity contribution in [2.24, 2.45) is 0 Å². The van der Waals surface area contributed by atoms with Gasteiger partial charge in [-0.05, 0) is 79.2 Å². The summed E-state index contributed by atoms with van der Waals surface area (Å²) in [6.07, 6.45) is 2.15. The van der Waals surface area contributed by atoms with Crippen LogP contribution in [0.4, 0.5) is 0 Å². The van der Waals surface area contributed by atoms with Crippen molar-refractivity contribution in [3.8, 4) is 28.2 Å². The van der Waals surface area contributed by atoms with Crippen LogP contribution < -0.4 is 0 Å². The van der Waals surface area contributed by atoms with Gasteiger partial charge in [-0.15, -0.1) is 0 Å². The van der Waals surface area contributed by atoms with E-state index in [0.717, 1.165) is 39.2 Å². The van der Waals surface area contributed by atoms with Crippen molar-refractivity contribution in [1.29, 1.82) is 0 Å². The summed E-state index contributed by atoms with van der Waals surface area (Å²) in [5.41, 5.74) is 7.08. The molecule has 0 radical (unpaired) electrons. The van der Waals surface area contributed by atoms with Gasteiger partial charge in [0.25, 0.3) is 0 Å². The standard InChI is InChI=1S/C42H25N3/c1-2-10-26(11-3-1)28-13-6-15-31(24-28)40-42(44-36-20-5-4-19-35(36)43-40)45-23-9-18-33-32-16-8-14-29-25-30-22-21-27-12-7-17-34(41(33)45)37(27)39(30)38(29)32/h1-25H. The first-order valence-corrected chi connectivity index (χ1v) is 15.3. The Morgan fingerprint density at radius 1 is 0.400 bits per heavy atom. The van der Waals surface area contributed by atoms with Crippen molar-refractivity contribution in [2.75, 3.05) is 0 Å². The second kappa shape index (κ2) is 9.22.